The monoisotopic (exact) mass is 475 g/mol. The SMILES string of the molecule is COc1ccc(CSc2nnc(-c3ccccc3Cl)n2-c2ccc(Cl)c(Cl)c2)cc1. The summed E-state index contributed by atoms with van der Waals surface area (Å²) < 4.78 is 7.17. The van der Waals surface area contributed by atoms with E-state index < -0.39 is 0 Å². The summed E-state index contributed by atoms with van der Waals surface area (Å²) in [6.07, 6.45) is 0. The molecule has 0 saturated carbocycles. The second-order valence-corrected chi connectivity index (χ2v) is 8.52. The van der Waals surface area contributed by atoms with Gasteiger partial charge in [0.1, 0.15) is 5.75 Å². The van der Waals surface area contributed by atoms with Gasteiger partial charge in [0.05, 0.1) is 27.9 Å². The molecule has 0 amide bonds. The van der Waals surface area contributed by atoms with Gasteiger partial charge in [-0.05, 0) is 48.0 Å². The van der Waals surface area contributed by atoms with Gasteiger partial charge in [0.2, 0.25) is 0 Å². The van der Waals surface area contributed by atoms with Crippen molar-refractivity contribution in [3.05, 3.63) is 87.4 Å². The topological polar surface area (TPSA) is 39.9 Å². The van der Waals surface area contributed by atoms with Crippen LogP contribution in [0.1, 0.15) is 5.56 Å². The second-order valence-electron chi connectivity index (χ2n) is 6.36. The second kappa shape index (κ2) is 9.31. The molecule has 8 heteroatoms. The van der Waals surface area contributed by atoms with Crippen LogP contribution in [0.2, 0.25) is 15.1 Å². The molecule has 0 radical (unpaired) electrons. The smallest absolute Gasteiger partial charge is 0.196 e. The fourth-order valence-electron chi connectivity index (χ4n) is 2.91. The molecule has 0 bridgehead atoms. The van der Waals surface area contributed by atoms with E-state index in [0.29, 0.717) is 26.6 Å². The summed E-state index contributed by atoms with van der Waals surface area (Å²) in [6, 6.07) is 20.9. The van der Waals surface area contributed by atoms with Gasteiger partial charge < -0.3 is 4.74 Å². The van der Waals surface area contributed by atoms with Gasteiger partial charge in [-0.2, -0.15) is 0 Å². The van der Waals surface area contributed by atoms with Gasteiger partial charge >= 0.3 is 0 Å². The molecular weight excluding hydrogens is 461 g/mol. The van der Waals surface area contributed by atoms with Crippen LogP contribution in [0.15, 0.2) is 71.9 Å². The van der Waals surface area contributed by atoms with Gasteiger partial charge in [-0.15, -0.1) is 10.2 Å². The van der Waals surface area contributed by atoms with Crippen LogP contribution in [-0.2, 0) is 5.75 Å². The molecule has 0 aliphatic carbocycles. The molecule has 0 unspecified atom stereocenters. The third-order valence-corrected chi connectivity index (χ3v) is 6.51. The Morgan fingerprint density at radius 1 is 0.867 bits per heavy atom. The lowest BCUT2D eigenvalue weighted by Crippen LogP contribution is -2.00. The number of halogens is 3. The maximum absolute atomic E-state index is 6.44. The summed E-state index contributed by atoms with van der Waals surface area (Å²) in [4.78, 5) is 0. The molecule has 4 aromatic rings. The van der Waals surface area contributed by atoms with E-state index in [1.807, 2.05) is 59.2 Å². The lowest BCUT2D eigenvalue weighted by atomic mass is 10.2. The van der Waals surface area contributed by atoms with Crippen LogP contribution in [0.5, 0.6) is 5.75 Å². The Balaban J connectivity index is 1.74. The van der Waals surface area contributed by atoms with Crippen LogP contribution in [0.3, 0.4) is 0 Å². The summed E-state index contributed by atoms with van der Waals surface area (Å²) in [5.41, 5.74) is 2.74. The number of hydrogen-bond acceptors (Lipinski definition) is 4. The molecule has 152 valence electrons. The van der Waals surface area contributed by atoms with Crippen LogP contribution in [0.4, 0.5) is 0 Å². The van der Waals surface area contributed by atoms with Crippen molar-refractivity contribution >= 4 is 46.6 Å². The molecule has 0 aliphatic rings. The molecule has 0 spiro atoms. The molecule has 1 heterocycles. The highest BCUT2D eigenvalue weighted by molar-refractivity contribution is 7.98. The van der Waals surface area contributed by atoms with Crippen molar-refractivity contribution in [2.45, 2.75) is 10.9 Å². The predicted octanol–water partition coefficient (Wildman–Crippen LogP) is 7.20. The van der Waals surface area contributed by atoms with Crippen LogP contribution in [0.25, 0.3) is 17.1 Å². The molecule has 0 atom stereocenters. The Bertz CT molecular complexity index is 1180. The summed E-state index contributed by atoms with van der Waals surface area (Å²) in [5.74, 6) is 2.17. The number of benzene rings is 3. The Kier molecular flexibility index (Phi) is 6.54. The van der Waals surface area contributed by atoms with Crippen molar-refractivity contribution in [1.82, 2.24) is 14.8 Å². The number of rotatable bonds is 6. The van der Waals surface area contributed by atoms with Gasteiger partial charge in [0.15, 0.2) is 11.0 Å². The third-order valence-electron chi connectivity index (χ3n) is 4.44. The summed E-state index contributed by atoms with van der Waals surface area (Å²) >= 11 is 20.4. The molecule has 0 N–H and O–H groups in total. The molecule has 1 aromatic heterocycles. The van der Waals surface area contributed by atoms with E-state index in [1.165, 1.54) is 0 Å². The van der Waals surface area contributed by atoms with E-state index in [-0.39, 0.29) is 0 Å². The van der Waals surface area contributed by atoms with Crippen molar-refractivity contribution in [2.24, 2.45) is 0 Å². The first-order chi connectivity index (χ1) is 14.6. The number of hydrogen-bond donors (Lipinski definition) is 0. The van der Waals surface area contributed by atoms with E-state index >= 15 is 0 Å². The average Bonchev–Trinajstić information content (AvgIpc) is 3.18. The number of methoxy groups -OCH3 is 1. The molecule has 30 heavy (non-hydrogen) atoms. The number of aromatic nitrogens is 3. The van der Waals surface area contributed by atoms with Crippen LogP contribution in [0, 0.1) is 0 Å². The fraction of sp³-hybridized carbons (Fsp3) is 0.0909. The summed E-state index contributed by atoms with van der Waals surface area (Å²) in [7, 11) is 1.65. The maximum Gasteiger partial charge on any atom is 0.196 e. The predicted molar refractivity (Wildman–Crippen MR) is 124 cm³/mol. The lowest BCUT2D eigenvalue weighted by molar-refractivity contribution is 0.414. The van der Waals surface area contributed by atoms with E-state index in [0.717, 1.165) is 27.7 Å². The minimum absolute atomic E-state index is 0.457. The van der Waals surface area contributed by atoms with Gasteiger partial charge in [0.25, 0.3) is 0 Å². The molecule has 0 fully saturated rings. The van der Waals surface area contributed by atoms with Gasteiger partial charge in [-0.25, -0.2) is 0 Å². The van der Waals surface area contributed by atoms with E-state index in [1.54, 1.807) is 31.0 Å². The molecule has 0 aliphatic heterocycles. The molecular formula is C22H16Cl3N3OS. The van der Waals surface area contributed by atoms with Gasteiger partial charge in [-0.3, -0.25) is 4.57 Å². The quantitative estimate of drug-likeness (QED) is 0.276. The first-order valence-corrected chi connectivity index (χ1v) is 11.1. The van der Waals surface area contributed by atoms with E-state index in [9.17, 15) is 0 Å². The van der Waals surface area contributed by atoms with Gasteiger partial charge in [0, 0.05) is 11.3 Å². The number of nitrogens with zero attached hydrogens (tertiary/aromatic N) is 3. The average molecular weight is 477 g/mol. The van der Waals surface area contributed by atoms with Crippen LogP contribution >= 0.6 is 46.6 Å². The highest BCUT2D eigenvalue weighted by Gasteiger charge is 2.19. The normalized spacial score (nSPS) is 10.9. The summed E-state index contributed by atoms with van der Waals surface area (Å²) in [6.45, 7) is 0. The molecule has 3 aromatic carbocycles. The number of ether oxygens (including phenoxy) is 1. The Morgan fingerprint density at radius 2 is 1.63 bits per heavy atom. The minimum atomic E-state index is 0.457. The van der Waals surface area contributed by atoms with Crippen molar-refractivity contribution in [3.8, 4) is 22.8 Å². The van der Waals surface area contributed by atoms with Crippen molar-refractivity contribution < 1.29 is 4.74 Å². The Morgan fingerprint density at radius 3 is 2.33 bits per heavy atom. The highest BCUT2D eigenvalue weighted by atomic mass is 35.5. The standard InChI is InChI=1S/C22H16Cl3N3OS/c1-29-16-9-6-14(7-10-16)13-30-22-27-26-21(17-4-2-3-5-18(17)23)28(22)15-8-11-19(24)20(25)12-15/h2-12H,13H2,1H3. The van der Waals surface area contributed by atoms with Crippen LogP contribution < -0.4 is 4.74 Å². The first kappa shape index (κ1) is 21.1. The molecule has 4 nitrogen and oxygen atoms in total. The third kappa shape index (κ3) is 4.44. The van der Waals surface area contributed by atoms with Crippen LogP contribution in [-0.4, -0.2) is 21.9 Å². The molecule has 4 rings (SSSR count). The largest absolute Gasteiger partial charge is 0.497 e. The first-order valence-electron chi connectivity index (χ1n) is 8.98. The van der Waals surface area contributed by atoms with Crippen molar-refractivity contribution in [3.63, 3.8) is 0 Å². The lowest BCUT2D eigenvalue weighted by Gasteiger charge is -2.12. The van der Waals surface area contributed by atoms with Gasteiger partial charge in [-0.1, -0.05) is 70.8 Å². The number of thioether (sulfide) groups is 1. The zero-order valence-corrected chi connectivity index (χ0v) is 18.9. The Labute approximate surface area is 193 Å². The zero-order chi connectivity index (χ0) is 21.1. The molecule has 0 saturated heterocycles. The van der Waals surface area contributed by atoms with Crippen molar-refractivity contribution in [1.29, 1.82) is 0 Å². The summed E-state index contributed by atoms with van der Waals surface area (Å²) in [5, 5.41) is 11.1. The fourth-order valence-corrected chi connectivity index (χ4v) is 4.33. The van der Waals surface area contributed by atoms with Crippen molar-refractivity contribution in [2.75, 3.05) is 7.11 Å². The Hall–Kier alpha value is -2.18. The maximum atomic E-state index is 6.44. The zero-order valence-electron chi connectivity index (χ0n) is 15.8. The van der Waals surface area contributed by atoms with E-state index in [2.05, 4.69) is 10.2 Å². The highest BCUT2D eigenvalue weighted by Crippen LogP contribution is 2.34. The van der Waals surface area contributed by atoms with E-state index in [4.69, 9.17) is 39.5 Å². The minimum Gasteiger partial charge on any atom is -0.497 e.